The van der Waals surface area contributed by atoms with Crippen LogP contribution >= 0.6 is 0 Å². The van der Waals surface area contributed by atoms with Crippen LogP contribution in [0.4, 0.5) is 0 Å². The quantitative estimate of drug-likeness (QED) is 0.871. The number of nitrogens with one attached hydrogen (secondary N) is 1. The van der Waals surface area contributed by atoms with Crippen LogP contribution in [-0.2, 0) is 14.1 Å². The molecule has 0 aliphatic heterocycles. The molecule has 1 atom stereocenters. The van der Waals surface area contributed by atoms with Crippen LogP contribution in [0.3, 0.4) is 0 Å². The lowest BCUT2D eigenvalue weighted by Gasteiger charge is -2.37. The fourth-order valence-electron chi connectivity index (χ4n) is 3.02. The third-order valence-electron chi connectivity index (χ3n) is 4.25. The Morgan fingerprint density at radius 2 is 2.09 bits per heavy atom. The first-order valence-electron chi connectivity index (χ1n) is 7.41. The minimum atomic E-state index is -0.263. The normalized spacial score (nSPS) is 22.2. The van der Waals surface area contributed by atoms with E-state index in [1.54, 1.807) is 28.8 Å². The van der Waals surface area contributed by atoms with Gasteiger partial charge in [0.1, 0.15) is 0 Å². The smallest absolute Gasteiger partial charge is 0.255 e. The SMILES string of the molecule is Cc1nn(C)cc1C(=O)N[C@@H](c1cnn(C)c1)C1CC(O)C1. The molecule has 2 aromatic rings. The number of carbonyl (C=O) groups is 1. The number of carbonyl (C=O) groups excluding carboxylic acids is 1. The largest absolute Gasteiger partial charge is 0.393 e. The second-order valence-corrected chi connectivity index (χ2v) is 6.09. The second kappa shape index (κ2) is 5.57. The van der Waals surface area contributed by atoms with Crippen LogP contribution in [0.2, 0.25) is 0 Å². The summed E-state index contributed by atoms with van der Waals surface area (Å²) in [6.07, 6.45) is 6.54. The molecule has 7 nitrogen and oxygen atoms in total. The molecule has 2 heterocycles. The van der Waals surface area contributed by atoms with Gasteiger partial charge >= 0.3 is 0 Å². The van der Waals surface area contributed by atoms with Crippen LogP contribution in [0.15, 0.2) is 18.6 Å². The molecule has 1 aliphatic rings. The summed E-state index contributed by atoms with van der Waals surface area (Å²) in [7, 11) is 3.65. The van der Waals surface area contributed by atoms with Crippen LogP contribution in [0, 0.1) is 12.8 Å². The van der Waals surface area contributed by atoms with E-state index in [0.29, 0.717) is 24.1 Å². The van der Waals surface area contributed by atoms with E-state index < -0.39 is 0 Å². The molecule has 0 bridgehead atoms. The third-order valence-corrected chi connectivity index (χ3v) is 4.25. The first kappa shape index (κ1) is 14.8. The summed E-state index contributed by atoms with van der Waals surface area (Å²) in [5.41, 5.74) is 2.25. The van der Waals surface area contributed by atoms with Crippen molar-refractivity contribution in [2.24, 2.45) is 20.0 Å². The predicted octanol–water partition coefficient (Wildman–Crippen LogP) is 0.704. The van der Waals surface area contributed by atoms with Crippen LogP contribution in [0.1, 0.15) is 40.5 Å². The van der Waals surface area contributed by atoms with E-state index in [9.17, 15) is 9.90 Å². The molecule has 0 radical (unpaired) electrons. The highest BCUT2D eigenvalue weighted by Crippen LogP contribution is 2.38. The maximum Gasteiger partial charge on any atom is 0.255 e. The molecule has 0 spiro atoms. The van der Waals surface area contributed by atoms with E-state index in [2.05, 4.69) is 15.5 Å². The van der Waals surface area contributed by atoms with Crippen LogP contribution in [-0.4, -0.2) is 36.7 Å². The van der Waals surface area contributed by atoms with Crippen molar-refractivity contribution in [3.63, 3.8) is 0 Å². The zero-order valence-electron chi connectivity index (χ0n) is 13.0. The van der Waals surface area contributed by atoms with Crippen molar-refractivity contribution in [2.45, 2.75) is 31.9 Å². The number of nitrogens with zero attached hydrogens (tertiary/aromatic N) is 4. The summed E-state index contributed by atoms with van der Waals surface area (Å²) in [5, 5.41) is 21.0. The van der Waals surface area contributed by atoms with Gasteiger partial charge in [0.05, 0.1) is 29.6 Å². The topological polar surface area (TPSA) is 85.0 Å². The number of hydrogen-bond acceptors (Lipinski definition) is 4. The molecule has 0 aromatic carbocycles. The fourth-order valence-corrected chi connectivity index (χ4v) is 3.02. The Morgan fingerprint density at radius 3 is 2.59 bits per heavy atom. The van der Waals surface area contributed by atoms with E-state index in [1.165, 1.54) is 0 Å². The van der Waals surface area contributed by atoms with E-state index in [1.807, 2.05) is 20.2 Å². The van der Waals surface area contributed by atoms with Gasteiger partial charge in [-0.1, -0.05) is 0 Å². The van der Waals surface area contributed by atoms with Gasteiger partial charge in [0.15, 0.2) is 0 Å². The van der Waals surface area contributed by atoms with Gasteiger partial charge in [0.2, 0.25) is 0 Å². The molecule has 118 valence electrons. The Kier molecular flexibility index (Phi) is 3.74. The first-order valence-corrected chi connectivity index (χ1v) is 7.41. The Bertz CT molecular complexity index is 684. The minimum absolute atomic E-state index is 0.135. The van der Waals surface area contributed by atoms with Gasteiger partial charge in [-0.3, -0.25) is 14.2 Å². The van der Waals surface area contributed by atoms with Crippen LogP contribution in [0.25, 0.3) is 0 Å². The molecule has 3 rings (SSSR count). The molecule has 7 heteroatoms. The van der Waals surface area contributed by atoms with E-state index in [4.69, 9.17) is 0 Å². The van der Waals surface area contributed by atoms with Crippen molar-refractivity contribution >= 4 is 5.91 Å². The minimum Gasteiger partial charge on any atom is -0.393 e. The molecular weight excluding hydrogens is 282 g/mol. The Balaban J connectivity index is 1.81. The van der Waals surface area contributed by atoms with Crippen molar-refractivity contribution in [3.05, 3.63) is 35.4 Å². The van der Waals surface area contributed by atoms with Gasteiger partial charge in [-0.2, -0.15) is 10.2 Å². The molecule has 1 fully saturated rings. The third kappa shape index (κ3) is 2.76. The monoisotopic (exact) mass is 303 g/mol. The summed E-state index contributed by atoms with van der Waals surface area (Å²) in [6.45, 7) is 1.82. The Labute approximate surface area is 128 Å². The highest BCUT2D eigenvalue weighted by Gasteiger charge is 2.36. The zero-order chi connectivity index (χ0) is 15.9. The van der Waals surface area contributed by atoms with Gasteiger partial charge in [-0.05, 0) is 25.7 Å². The molecule has 0 unspecified atom stereocenters. The lowest BCUT2D eigenvalue weighted by Crippen LogP contribution is -2.41. The molecule has 1 aliphatic carbocycles. The highest BCUT2D eigenvalue weighted by molar-refractivity contribution is 5.95. The highest BCUT2D eigenvalue weighted by atomic mass is 16.3. The molecular formula is C15H21N5O2. The van der Waals surface area contributed by atoms with E-state index in [-0.39, 0.29) is 24.0 Å². The molecule has 1 amide bonds. The van der Waals surface area contributed by atoms with Gasteiger partial charge in [0, 0.05) is 32.1 Å². The average molecular weight is 303 g/mol. The van der Waals surface area contributed by atoms with Crippen molar-refractivity contribution in [1.29, 1.82) is 0 Å². The number of rotatable bonds is 4. The predicted molar refractivity (Wildman–Crippen MR) is 80.1 cm³/mol. The number of aliphatic hydroxyl groups is 1. The van der Waals surface area contributed by atoms with Crippen molar-refractivity contribution in [3.8, 4) is 0 Å². The standard InChI is InChI=1S/C15H21N5O2/c1-9-13(8-20(3)18-9)15(22)17-14(10-4-12(21)5-10)11-6-16-19(2)7-11/h6-8,10,12,14,21H,4-5H2,1-3H3,(H,17,22)/t10?,12?,14-/m1/s1. The number of aryl methyl sites for hydroxylation is 3. The Morgan fingerprint density at radius 1 is 1.36 bits per heavy atom. The van der Waals surface area contributed by atoms with Gasteiger partial charge in [-0.15, -0.1) is 0 Å². The van der Waals surface area contributed by atoms with Crippen molar-refractivity contribution in [2.75, 3.05) is 0 Å². The number of amides is 1. The molecule has 22 heavy (non-hydrogen) atoms. The maximum absolute atomic E-state index is 12.5. The zero-order valence-corrected chi connectivity index (χ0v) is 13.0. The van der Waals surface area contributed by atoms with Crippen LogP contribution in [0.5, 0.6) is 0 Å². The average Bonchev–Trinajstić information content (AvgIpc) is 2.98. The maximum atomic E-state index is 12.5. The summed E-state index contributed by atoms with van der Waals surface area (Å²) < 4.78 is 3.36. The first-order chi connectivity index (χ1) is 10.4. The lowest BCUT2D eigenvalue weighted by atomic mass is 9.75. The molecule has 2 aromatic heterocycles. The summed E-state index contributed by atoms with van der Waals surface area (Å²) >= 11 is 0. The summed E-state index contributed by atoms with van der Waals surface area (Å²) in [4.78, 5) is 12.5. The summed E-state index contributed by atoms with van der Waals surface area (Å²) in [5.74, 6) is 0.0981. The lowest BCUT2D eigenvalue weighted by molar-refractivity contribution is 0.0235. The number of hydrogen-bond donors (Lipinski definition) is 2. The Hall–Kier alpha value is -2.15. The van der Waals surface area contributed by atoms with Crippen LogP contribution < -0.4 is 5.32 Å². The molecule has 1 saturated carbocycles. The molecule has 0 saturated heterocycles. The number of aromatic nitrogens is 4. The second-order valence-electron chi connectivity index (χ2n) is 6.09. The van der Waals surface area contributed by atoms with E-state index in [0.717, 1.165) is 5.56 Å². The van der Waals surface area contributed by atoms with Crippen molar-refractivity contribution < 1.29 is 9.90 Å². The summed E-state index contributed by atoms with van der Waals surface area (Å²) in [6, 6.07) is -0.135. The molecule has 2 N–H and O–H groups in total. The number of aliphatic hydroxyl groups excluding tert-OH is 1. The fraction of sp³-hybridized carbons (Fsp3) is 0.533. The van der Waals surface area contributed by atoms with Crippen molar-refractivity contribution in [1.82, 2.24) is 24.9 Å². The van der Waals surface area contributed by atoms with Gasteiger partial charge < -0.3 is 10.4 Å². The van der Waals surface area contributed by atoms with E-state index >= 15 is 0 Å². The van der Waals surface area contributed by atoms with Gasteiger partial charge in [-0.25, -0.2) is 0 Å². The van der Waals surface area contributed by atoms with Gasteiger partial charge in [0.25, 0.3) is 5.91 Å².